The van der Waals surface area contributed by atoms with Gasteiger partial charge in [-0.15, -0.1) is 0 Å². The van der Waals surface area contributed by atoms with E-state index in [1.165, 1.54) is 0 Å². The second kappa shape index (κ2) is 6.98. The number of hydrogen-bond acceptors (Lipinski definition) is 4. The van der Waals surface area contributed by atoms with E-state index in [-0.39, 0.29) is 0 Å². The Morgan fingerprint density at radius 3 is 2.95 bits per heavy atom. The largest absolute Gasteiger partial charge is 0.493 e. The van der Waals surface area contributed by atoms with Crippen molar-refractivity contribution < 1.29 is 14.2 Å². The fourth-order valence-electron chi connectivity index (χ4n) is 2.25. The van der Waals surface area contributed by atoms with Crippen molar-refractivity contribution in [2.45, 2.75) is 31.9 Å². The van der Waals surface area contributed by atoms with Crippen molar-refractivity contribution in [3.05, 3.63) is 22.7 Å². The average molecular weight is 286 g/mol. The quantitative estimate of drug-likeness (QED) is 0.873. The Labute approximate surface area is 118 Å². The van der Waals surface area contributed by atoms with Crippen LogP contribution >= 0.6 is 11.6 Å². The van der Waals surface area contributed by atoms with Gasteiger partial charge >= 0.3 is 0 Å². The molecule has 1 fully saturated rings. The molecule has 0 amide bonds. The Hall–Kier alpha value is -0.970. The van der Waals surface area contributed by atoms with E-state index in [4.69, 9.17) is 31.5 Å². The van der Waals surface area contributed by atoms with Crippen molar-refractivity contribution >= 4 is 11.6 Å². The van der Waals surface area contributed by atoms with Gasteiger partial charge in [0.25, 0.3) is 0 Å². The normalized spacial score (nSPS) is 18.6. The lowest BCUT2D eigenvalue weighted by Gasteiger charge is -2.16. The third kappa shape index (κ3) is 3.75. The molecule has 1 saturated heterocycles. The summed E-state index contributed by atoms with van der Waals surface area (Å²) >= 11 is 6.01. The molecule has 1 atom stereocenters. The number of benzene rings is 1. The molecule has 0 spiro atoms. The summed E-state index contributed by atoms with van der Waals surface area (Å²) in [6, 6.07) is 3.55. The maximum absolute atomic E-state index is 6.01. The van der Waals surface area contributed by atoms with Gasteiger partial charge in [-0.25, -0.2) is 0 Å². The first-order valence-electron chi connectivity index (χ1n) is 6.55. The SMILES string of the molecule is COc1cc(Cl)cc(CN)c1OCCC1CCCO1. The highest BCUT2D eigenvalue weighted by Gasteiger charge is 2.17. The van der Waals surface area contributed by atoms with Crippen molar-refractivity contribution in [2.75, 3.05) is 20.3 Å². The van der Waals surface area contributed by atoms with E-state index < -0.39 is 0 Å². The summed E-state index contributed by atoms with van der Waals surface area (Å²) in [4.78, 5) is 0. The molecule has 0 aromatic heterocycles. The van der Waals surface area contributed by atoms with Crippen LogP contribution in [-0.4, -0.2) is 26.4 Å². The summed E-state index contributed by atoms with van der Waals surface area (Å²) in [7, 11) is 1.60. The summed E-state index contributed by atoms with van der Waals surface area (Å²) in [6.07, 6.45) is 3.46. The van der Waals surface area contributed by atoms with E-state index in [0.29, 0.717) is 35.8 Å². The summed E-state index contributed by atoms with van der Waals surface area (Å²) in [5.41, 5.74) is 6.58. The van der Waals surface area contributed by atoms with Crippen molar-refractivity contribution in [2.24, 2.45) is 5.73 Å². The minimum Gasteiger partial charge on any atom is -0.493 e. The van der Waals surface area contributed by atoms with Gasteiger partial charge in [0.05, 0.1) is 19.8 Å². The summed E-state index contributed by atoms with van der Waals surface area (Å²) in [5.74, 6) is 1.31. The third-order valence-corrected chi connectivity index (χ3v) is 3.46. The van der Waals surface area contributed by atoms with Gasteiger partial charge in [-0.05, 0) is 18.9 Å². The number of methoxy groups -OCH3 is 1. The summed E-state index contributed by atoms with van der Waals surface area (Å²) < 4.78 is 16.7. The van der Waals surface area contributed by atoms with Crippen LogP contribution in [0.4, 0.5) is 0 Å². The van der Waals surface area contributed by atoms with Crippen LogP contribution in [0, 0.1) is 0 Å². The highest BCUT2D eigenvalue weighted by molar-refractivity contribution is 6.30. The molecule has 0 saturated carbocycles. The molecule has 0 bridgehead atoms. The topological polar surface area (TPSA) is 53.7 Å². The standard InChI is InChI=1S/C14H20ClNO3/c1-17-13-8-11(15)7-10(9-16)14(13)19-6-4-12-3-2-5-18-12/h7-8,12H,2-6,9,16H2,1H3. The molecule has 19 heavy (non-hydrogen) atoms. The van der Waals surface area contributed by atoms with Crippen molar-refractivity contribution in [3.8, 4) is 11.5 Å². The highest BCUT2D eigenvalue weighted by atomic mass is 35.5. The molecule has 106 valence electrons. The maximum atomic E-state index is 6.01. The van der Waals surface area contributed by atoms with Crippen LogP contribution in [0.1, 0.15) is 24.8 Å². The molecule has 1 aliphatic heterocycles. The van der Waals surface area contributed by atoms with Gasteiger partial charge in [-0.3, -0.25) is 0 Å². The van der Waals surface area contributed by atoms with Crippen molar-refractivity contribution in [3.63, 3.8) is 0 Å². The number of nitrogens with two attached hydrogens (primary N) is 1. The second-order valence-electron chi connectivity index (χ2n) is 4.57. The molecule has 2 N–H and O–H groups in total. The maximum Gasteiger partial charge on any atom is 0.165 e. The van der Waals surface area contributed by atoms with Crippen LogP contribution in [-0.2, 0) is 11.3 Å². The van der Waals surface area contributed by atoms with E-state index >= 15 is 0 Å². The fraction of sp³-hybridized carbons (Fsp3) is 0.571. The van der Waals surface area contributed by atoms with Crippen LogP contribution in [0.2, 0.25) is 5.02 Å². The molecule has 1 aromatic carbocycles. The first-order valence-corrected chi connectivity index (χ1v) is 6.93. The van der Waals surface area contributed by atoms with E-state index in [0.717, 1.165) is 31.4 Å². The Bertz CT molecular complexity index is 394. The molecular weight excluding hydrogens is 266 g/mol. The van der Waals surface area contributed by atoms with E-state index in [1.807, 2.05) is 6.07 Å². The van der Waals surface area contributed by atoms with Gasteiger partial charge in [0.15, 0.2) is 11.5 Å². The lowest BCUT2D eigenvalue weighted by molar-refractivity contribution is 0.0897. The zero-order chi connectivity index (χ0) is 13.7. The van der Waals surface area contributed by atoms with Crippen LogP contribution in [0.5, 0.6) is 11.5 Å². The predicted octanol–water partition coefficient (Wildman–Crippen LogP) is 2.76. The summed E-state index contributed by atoms with van der Waals surface area (Å²) in [6.45, 7) is 1.82. The lowest BCUT2D eigenvalue weighted by Crippen LogP contribution is -2.12. The molecule has 5 heteroatoms. The zero-order valence-corrected chi connectivity index (χ0v) is 11.9. The Morgan fingerprint density at radius 1 is 1.47 bits per heavy atom. The number of rotatable bonds is 6. The van der Waals surface area contributed by atoms with Crippen molar-refractivity contribution in [1.29, 1.82) is 0 Å². The third-order valence-electron chi connectivity index (χ3n) is 3.25. The minimum absolute atomic E-state index is 0.319. The highest BCUT2D eigenvalue weighted by Crippen LogP contribution is 2.34. The molecule has 1 aliphatic rings. The molecule has 1 aromatic rings. The van der Waals surface area contributed by atoms with Crippen LogP contribution in [0.15, 0.2) is 12.1 Å². The monoisotopic (exact) mass is 285 g/mol. The Kier molecular flexibility index (Phi) is 5.31. The minimum atomic E-state index is 0.319. The van der Waals surface area contributed by atoms with Gasteiger partial charge in [0, 0.05) is 36.2 Å². The zero-order valence-electron chi connectivity index (χ0n) is 11.2. The van der Waals surface area contributed by atoms with E-state index in [9.17, 15) is 0 Å². The van der Waals surface area contributed by atoms with Crippen LogP contribution < -0.4 is 15.2 Å². The Balaban J connectivity index is 2.00. The first kappa shape index (κ1) is 14.4. The molecule has 1 heterocycles. The number of halogens is 1. The molecular formula is C14H20ClNO3. The predicted molar refractivity (Wildman–Crippen MR) is 75.0 cm³/mol. The van der Waals surface area contributed by atoms with E-state index in [1.54, 1.807) is 13.2 Å². The molecule has 0 aliphatic carbocycles. The second-order valence-corrected chi connectivity index (χ2v) is 5.01. The number of hydrogen-bond donors (Lipinski definition) is 1. The van der Waals surface area contributed by atoms with E-state index in [2.05, 4.69) is 0 Å². The molecule has 1 unspecified atom stereocenters. The van der Waals surface area contributed by atoms with Gasteiger partial charge < -0.3 is 19.9 Å². The molecule has 4 nitrogen and oxygen atoms in total. The molecule has 2 rings (SSSR count). The van der Waals surface area contributed by atoms with Gasteiger partial charge in [0.1, 0.15) is 0 Å². The van der Waals surface area contributed by atoms with Gasteiger partial charge in [-0.2, -0.15) is 0 Å². The van der Waals surface area contributed by atoms with Gasteiger partial charge in [-0.1, -0.05) is 11.6 Å². The van der Waals surface area contributed by atoms with Crippen molar-refractivity contribution in [1.82, 2.24) is 0 Å². The number of ether oxygens (including phenoxy) is 3. The van der Waals surface area contributed by atoms with Crippen LogP contribution in [0.25, 0.3) is 0 Å². The average Bonchev–Trinajstić information content (AvgIpc) is 2.92. The Morgan fingerprint density at radius 2 is 2.32 bits per heavy atom. The molecule has 0 radical (unpaired) electrons. The lowest BCUT2D eigenvalue weighted by atomic mass is 10.1. The first-order chi connectivity index (χ1) is 9.24. The van der Waals surface area contributed by atoms with Gasteiger partial charge in [0.2, 0.25) is 0 Å². The summed E-state index contributed by atoms with van der Waals surface area (Å²) in [5, 5.41) is 0.601. The van der Waals surface area contributed by atoms with Crippen LogP contribution in [0.3, 0.4) is 0 Å². The fourth-order valence-corrected chi connectivity index (χ4v) is 2.49. The smallest absolute Gasteiger partial charge is 0.165 e.